The first-order valence-corrected chi connectivity index (χ1v) is 5.66. The average molecular weight is 281 g/mol. The van der Waals surface area contributed by atoms with Crippen molar-refractivity contribution >= 4 is 5.97 Å². The van der Waals surface area contributed by atoms with E-state index >= 15 is 0 Å². The van der Waals surface area contributed by atoms with Crippen molar-refractivity contribution < 1.29 is 39.8 Å². The number of methoxy groups -OCH3 is 1. The molecule has 1 fully saturated rings. The third kappa shape index (κ3) is 3.20. The second-order valence-electron chi connectivity index (χ2n) is 4.45. The van der Waals surface area contributed by atoms with Crippen LogP contribution < -0.4 is 5.73 Å². The summed E-state index contributed by atoms with van der Waals surface area (Å²) in [6.07, 6.45) is -6.62. The summed E-state index contributed by atoms with van der Waals surface area (Å²) < 4.78 is 9.30. The molecule has 1 aliphatic heterocycles. The van der Waals surface area contributed by atoms with Crippen LogP contribution in [0.15, 0.2) is 0 Å². The molecule has 7 N–H and O–H groups in total. The van der Waals surface area contributed by atoms with Gasteiger partial charge in [-0.3, -0.25) is 0 Å². The molecule has 0 aromatic carbocycles. The van der Waals surface area contributed by atoms with E-state index in [1.54, 1.807) is 0 Å². The first-order valence-electron chi connectivity index (χ1n) is 5.66. The highest BCUT2D eigenvalue weighted by Crippen LogP contribution is 2.30. The number of aliphatic hydroxyl groups is 5. The summed E-state index contributed by atoms with van der Waals surface area (Å²) in [5.74, 6) is -3.63. The zero-order chi connectivity index (χ0) is 14.8. The molecule has 0 aliphatic carbocycles. The van der Waals surface area contributed by atoms with Crippen LogP contribution in [0, 0.1) is 0 Å². The Hall–Kier alpha value is -0.810. The summed E-state index contributed by atoms with van der Waals surface area (Å²) >= 11 is 0. The van der Waals surface area contributed by atoms with E-state index in [0.29, 0.717) is 0 Å². The van der Waals surface area contributed by atoms with E-state index < -0.39 is 55.2 Å². The second kappa shape index (κ2) is 6.09. The summed E-state index contributed by atoms with van der Waals surface area (Å²) in [7, 11) is 1.01. The first kappa shape index (κ1) is 16.2. The van der Waals surface area contributed by atoms with Crippen LogP contribution in [-0.4, -0.2) is 81.5 Å². The summed E-state index contributed by atoms with van der Waals surface area (Å²) in [5, 5.41) is 47.4. The predicted octanol–water partition coefficient (Wildman–Crippen LogP) is -3.96. The van der Waals surface area contributed by atoms with Crippen LogP contribution in [0.25, 0.3) is 0 Å². The predicted molar refractivity (Wildman–Crippen MR) is 59.5 cm³/mol. The molecule has 112 valence electrons. The van der Waals surface area contributed by atoms with Crippen molar-refractivity contribution in [2.75, 3.05) is 13.7 Å². The summed E-state index contributed by atoms with van der Waals surface area (Å²) in [6.45, 7) is -0.777. The van der Waals surface area contributed by atoms with E-state index in [-0.39, 0.29) is 0 Å². The molecule has 19 heavy (non-hydrogen) atoms. The van der Waals surface area contributed by atoms with Crippen LogP contribution in [0.2, 0.25) is 0 Å². The van der Waals surface area contributed by atoms with Crippen LogP contribution in [0.3, 0.4) is 0 Å². The number of rotatable bonds is 4. The quantitative estimate of drug-likeness (QED) is 0.282. The van der Waals surface area contributed by atoms with Gasteiger partial charge in [0.2, 0.25) is 0 Å². The number of esters is 1. The molecular formula is C10H19NO8. The fraction of sp³-hybridized carbons (Fsp3) is 0.900. The summed E-state index contributed by atoms with van der Waals surface area (Å²) in [4.78, 5) is 11.4. The Morgan fingerprint density at radius 2 is 2.16 bits per heavy atom. The van der Waals surface area contributed by atoms with Crippen molar-refractivity contribution in [3.63, 3.8) is 0 Å². The van der Waals surface area contributed by atoms with Crippen LogP contribution in [0.1, 0.15) is 6.42 Å². The van der Waals surface area contributed by atoms with Crippen molar-refractivity contribution in [2.45, 2.75) is 42.7 Å². The molecule has 1 heterocycles. The molecule has 0 bridgehead atoms. The minimum Gasteiger partial charge on any atom is -0.465 e. The molecule has 0 aromatic rings. The molecule has 6 atom stereocenters. The smallest absolute Gasteiger partial charge is 0.366 e. The molecule has 1 rings (SSSR count). The Labute approximate surface area is 109 Å². The van der Waals surface area contributed by atoms with E-state index in [9.17, 15) is 25.2 Å². The molecule has 9 nitrogen and oxygen atoms in total. The molecule has 0 amide bonds. The van der Waals surface area contributed by atoms with Gasteiger partial charge < -0.3 is 40.7 Å². The van der Waals surface area contributed by atoms with Gasteiger partial charge in [-0.25, -0.2) is 4.79 Å². The minimum atomic E-state index is -2.47. The number of hydrogen-bond acceptors (Lipinski definition) is 9. The standard InChI is InChI=1S/C10H19NO8/c1-18-9(16)10(17)2-4(13)6(11)8(19-10)7(15)5(14)3-12/h4-8,12-15,17H,2-3,11H2,1H3/t4-,5?,6+,7?,8+,10?/m0/s1. The summed E-state index contributed by atoms with van der Waals surface area (Å²) in [6, 6.07) is -1.15. The fourth-order valence-electron chi connectivity index (χ4n) is 1.91. The van der Waals surface area contributed by atoms with Crippen molar-refractivity contribution in [3.05, 3.63) is 0 Å². The number of carbonyl (C=O) groups excluding carboxylic acids is 1. The van der Waals surface area contributed by atoms with E-state index in [0.717, 1.165) is 7.11 Å². The normalized spacial score (nSPS) is 38.6. The Kier molecular flexibility index (Phi) is 5.21. The lowest BCUT2D eigenvalue weighted by Crippen LogP contribution is -2.65. The molecule has 1 saturated heterocycles. The van der Waals surface area contributed by atoms with Gasteiger partial charge in [0.25, 0.3) is 5.79 Å². The third-order valence-corrected chi connectivity index (χ3v) is 3.06. The Bertz CT molecular complexity index is 327. The lowest BCUT2D eigenvalue weighted by molar-refractivity contribution is -0.294. The monoisotopic (exact) mass is 281 g/mol. The summed E-state index contributed by atoms with van der Waals surface area (Å²) in [5.41, 5.74) is 5.59. The number of nitrogens with two attached hydrogens (primary N) is 1. The topological polar surface area (TPSA) is 163 Å². The van der Waals surface area contributed by atoms with Gasteiger partial charge in [0.1, 0.15) is 18.3 Å². The van der Waals surface area contributed by atoms with Gasteiger partial charge >= 0.3 is 5.97 Å². The molecule has 3 unspecified atom stereocenters. The molecule has 0 saturated carbocycles. The van der Waals surface area contributed by atoms with E-state index in [1.165, 1.54) is 0 Å². The molecule has 1 aliphatic rings. The van der Waals surface area contributed by atoms with Gasteiger partial charge in [-0.1, -0.05) is 0 Å². The van der Waals surface area contributed by atoms with Crippen molar-refractivity contribution in [1.29, 1.82) is 0 Å². The molecular weight excluding hydrogens is 262 g/mol. The van der Waals surface area contributed by atoms with Crippen molar-refractivity contribution in [2.24, 2.45) is 5.73 Å². The molecule has 0 radical (unpaired) electrons. The van der Waals surface area contributed by atoms with Crippen molar-refractivity contribution in [1.82, 2.24) is 0 Å². The first-order chi connectivity index (χ1) is 8.76. The van der Waals surface area contributed by atoms with Crippen LogP contribution >= 0.6 is 0 Å². The van der Waals surface area contributed by atoms with Crippen LogP contribution in [-0.2, 0) is 14.3 Å². The van der Waals surface area contributed by atoms with Gasteiger partial charge in [-0.05, 0) is 0 Å². The Morgan fingerprint density at radius 1 is 1.58 bits per heavy atom. The van der Waals surface area contributed by atoms with Crippen molar-refractivity contribution in [3.8, 4) is 0 Å². The van der Waals surface area contributed by atoms with Crippen LogP contribution in [0.5, 0.6) is 0 Å². The minimum absolute atomic E-state index is 0.528. The number of aliphatic hydroxyl groups excluding tert-OH is 4. The fourth-order valence-corrected chi connectivity index (χ4v) is 1.91. The van der Waals surface area contributed by atoms with Gasteiger partial charge in [0.15, 0.2) is 0 Å². The Morgan fingerprint density at radius 3 is 2.63 bits per heavy atom. The van der Waals surface area contributed by atoms with E-state index in [4.69, 9.17) is 15.6 Å². The highest BCUT2D eigenvalue weighted by atomic mass is 16.7. The van der Waals surface area contributed by atoms with Gasteiger partial charge in [-0.2, -0.15) is 0 Å². The largest absolute Gasteiger partial charge is 0.465 e. The second-order valence-corrected chi connectivity index (χ2v) is 4.45. The lowest BCUT2D eigenvalue weighted by Gasteiger charge is -2.43. The number of hydrogen-bond donors (Lipinski definition) is 6. The van der Waals surface area contributed by atoms with E-state index in [1.807, 2.05) is 0 Å². The number of carbonyl (C=O) groups is 1. The van der Waals surface area contributed by atoms with Gasteiger partial charge in [0.05, 0.1) is 25.9 Å². The third-order valence-electron chi connectivity index (χ3n) is 3.06. The highest BCUT2D eigenvalue weighted by Gasteiger charge is 2.52. The van der Waals surface area contributed by atoms with Gasteiger partial charge in [-0.15, -0.1) is 0 Å². The molecule has 0 spiro atoms. The average Bonchev–Trinajstić information content (AvgIpc) is 2.40. The lowest BCUT2D eigenvalue weighted by atomic mass is 9.89. The zero-order valence-electron chi connectivity index (χ0n) is 10.3. The molecule has 9 heteroatoms. The maximum Gasteiger partial charge on any atom is 0.366 e. The Balaban J connectivity index is 2.94. The maximum atomic E-state index is 11.4. The van der Waals surface area contributed by atoms with Crippen LogP contribution in [0.4, 0.5) is 0 Å². The number of ether oxygens (including phenoxy) is 2. The molecule has 0 aromatic heterocycles. The zero-order valence-corrected chi connectivity index (χ0v) is 10.3. The van der Waals surface area contributed by atoms with E-state index in [2.05, 4.69) is 4.74 Å². The maximum absolute atomic E-state index is 11.4. The van der Waals surface area contributed by atoms with Gasteiger partial charge in [0, 0.05) is 6.42 Å². The SMILES string of the molecule is COC(=O)C1(O)C[C@H](O)[C@@H](N)[C@H](C(O)C(O)CO)O1. The highest BCUT2D eigenvalue weighted by molar-refractivity contribution is 5.77.